The molecule has 2 aromatic rings. The lowest BCUT2D eigenvalue weighted by Gasteiger charge is -2.05. The van der Waals surface area contributed by atoms with Crippen molar-refractivity contribution < 1.29 is 9.53 Å². The van der Waals surface area contributed by atoms with Crippen LogP contribution in [-0.2, 0) is 0 Å². The van der Waals surface area contributed by atoms with Crippen molar-refractivity contribution in [2.75, 3.05) is 7.11 Å². The van der Waals surface area contributed by atoms with Gasteiger partial charge in [0.25, 0.3) is 5.24 Å². The lowest BCUT2D eigenvalue weighted by atomic mass is 10.3. The van der Waals surface area contributed by atoms with Crippen molar-refractivity contribution in [2.45, 2.75) is 0 Å². The first-order valence-electron chi connectivity index (χ1n) is 4.60. The highest BCUT2D eigenvalue weighted by atomic mass is 35.5. The Morgan fingerprint density at radius 3 is 2.56 bits per heavy atom. The molecule has 1 aromatic heterocycles. The van der Waals surface area contributed by atoms with E-state index in [0.29, 0.717) is 5.69 Å². The summed E-state index contributed by atoms with van der Waals surface area (Å²) >= 11 is 5.43. The van der Waals surface area contributed by atoms with E-state index in [1.54, 1.807) is 37.4 Å². The Morgan fingerprint density at radius 2 is 2.00 bits per heavy atom. The number of carbonyl (C=O) groups is 1. The van der Waals surface area contributed by atoms with Gasteiger partial charge in [0.05, 0.1) is 19.0 Å². The maximum absolute atomic E-state index is 11.1. The molecule has 2 rings (SSSR count). The molecule has 0 aliphatic carbocycles. The minimum Gasteiger partial charge on any atom is -0.497 e. The van der Waals surface area contributed by atoms with Gasteiger partial charge in [0, 0.05) is 0 Å². The number of hydrogen-bond acceptors (Lipinski definition) is 3. The van der Waals surface area contributed by atoms with Crippen LogP contribution in [0.1, 0.15) is 10.5 Å². The second-order valence-corrected chi connectivity index (χ2v) is 3.44. The molecule has 1 aromatic carbocycles. The summed E-state index contributed by atoms with van der Waals surface area (Å²) in [4.78, 5) is 11.1. The maximum Gasteiger partial charge on any atom is 0.270 e. The zero-order valence-corrected chi connectivity index (χ0v) is 9.31. The molecular formula is C11H9ClN2O2. The SMILES string of the molecule is COc1ccc(-n2nccc2C(=O)Cl)cc1. The maximum atomic E-state index is 11.1. The van der Waals surface area contributed by atoms with Crippen LogP contribution in [0.5, 0.6) is 5.75 Å². The second-order valence-electron chi connectivity index (χ2n) is 3.10. The molecule has 0 saturated heterocycles. The average molecular weight is 237 g/mol. The average Bonchev–Trinajstić information content (AvgIpc) is 2.78. The molecule has 0 fully saturated rings. The van der Waals surface area contributed by atoms with Crippen LogP contribution in [0.15, 0.2) is 36.5 Å². The van der Waals surface area contributed by atoms with E-state index in [9.17, 15) is 4.79 Å². The Bertz CT molecular complexity index is 505. The van der Waals surface area contributed by atoms with E-state index < -0.39 is 5.24 Å². The van der Waals surface area contributed by atoms with Crippen molar-refractivity contribution in [2.24, 2.45) is 0 Å². The lowest BCUT2D eigenvalue weighted by molar-refractivity contribution is 0.107. The summed E-state index contributed by atoms with van der Waals surface area (Å²) in [7, 11) is 1.59. The van der Waals surface area contributed by atoms with Gasteiger partial charge in [-0.1, -0.05) is 0 Å². The molecule has 16 heavy (non-hydrogen) atoms. The Kier molecular flexibility index (Phi) is 2.92. The highest BCUT2D eigenvalue weighted by Gasteiger charge is 2.10. The van der Waals surface area contributed by atoms with Crippen LogP contribution in [0.25, 0.3) is 5.69 Å². The number of nitrogens with zero attached hydrogens (tertiary/aromatic N) is 2. The number of aromatic nitrogens is 2. The van der Waals surface area contributed by atoms with Crippen molar-refractivity contribution >= 4 is 16.8 Å². The molecule has 0 amide bonds. The summed E-state index contributed by atoms with van der Waals surface area (Å²) in [5.74, 6) is 0.745. The monoisotopic (exact) mass is 236 g/mol. The largest absolute Gasteiger partial charge is 0.497 e. The molecule has 5 heteroatoms. The number of methoxy groups -OCH3 is 1. The van der Waals surface area contributed by atoms with E-state index in [2.05, 4.69) is 5.10 Å². The number of ether oxygens (including phenoxy) is 1. The minimum atomic E-state index is -0.534. The summed E-state index contributed by atoms with van der Waals surface area (Å²) in [6.07, 6.45) is 1.53. The number of rotatable bonds is 3. The first kappa shape index (κ1) is 10.7. The molecule has 82 valence electrons. The van der Waals surface area contributed by atoms with Crippen LogP contribution in [0.4, 0.5) is 0 Å². The van der Waals surface area contributed by atoms with Crippen LogP contribution in [0, 0.1) is 0 Å². The van der Waals surface area contributed by atoms with Gasteiger partial charge in [-0.15, -0.1) is 0 Å². The first-order valence-corrected chi connectivity index (χ1v) is 4.98. The van der Waals surface area contributed by atoms with Crippen molar-refractivity contribution in [3.63, 3.8) is 0 Å². The van der Waals surface area contributed by atoms with Gasteiger partial charge in [-0.05, 0) is 41.9 Å². The Balaban J connectivity index is 2.42. The Labute approximate surface area is 97.4 Å². The first-order chi connectivity index (χ1) is 7.72. The third kappa shape index (κ3) is 1.92. The molecule has 0 bridgehead atoms. The fraction of sp³-hybridized carbons (Fsp3) is 0.0909. The van der Waals surface area contributed by atoms with Gasteiger partial charge in [-0.25, -0.2) is 4.68 Å². The number of carbonyl (C=O) groups excluding carboxylic acids is 1. The van der Waals surface area contributed by atoms with E-state index in [1.807, 2.05) is 0 Å². The van der Waals surface area contributed by atoms with E-state index in [1.165, 1.54) is 10.9 Å². The Morgan fingerprint density at radius 1 is 1.31 bits per heavy atom. The molecule has 0 saturated carbocycles. The number of hydrogen-bond donors (Lipinski definition) is 0. The predicted molar refractivity (Wildman–Crippen MR) is 60.3 cm³/mol. The Hall–Kier alpha value is -1.81. The second kappa shape index (κ2) is 4.37. The molecule has 0 aliphatic rings. The zero-order chi connectivity index (χ0) is 11.5. The van der Waals surface area contributed by atoms with E-state index in [4.69, 9.17) is 16.3 Å². The molecular weight excluding hydrogens is 228 g/mol. The third-order valence-electron chi connectivity index (χ3n) is 2.16. The molecule has 0 aliphatic heterocycles. The summed E-state index contributed by atoms with van der Waals surface area (Å²) < 4.78 is 6.52. The summed E-state index contributed by atoms with van der Waals surface area (Å²) in [6, 6.07) is 8.75. The molecule has 1 heterocycles. The summed E-state index contributed by atoms with van der Waals surface area (Å²) in [5, 5.41) is 3.50. The van der Waals surface area contributed by atoms with Gasteiger partial charge < -0.3 is 4.74 Å². The number of benzene rings is 1. The highest BCUT2D eigenvalue weighted by Crippen LogP contribution is 2.16. The minimum absolute atomic E-state index is 0.340. The number of halogens is 1. The quantitative estimate of drug-likeness (QED) is 0.768. The van der Waals surface area contributed by atoms with E-state index in [0.717, 1.165) is 11.4 Å². The lowest BCUT2D eigenvalue weighted by Crippen LogP contribution is -2.04. The van der Waals surface area contributed by atoms with Crippen molar-refractivity contribution in [3.05, 3.63) is 42.2 Å². The molecule has 0 unspecified atom stereocenters. The van der Waals surface area contributed by atoms with E-state index >= 15 is 0 Å². The smallest absolute Gasteiger partial charge is 0.270 e. The summed E-state index contributed by atoms with van der Waals surface area (Å²) in [5.41, 5.74) is 1.10. The van der Waals surface area contributed by atoms with Crippen LogP contribution in [0.2, 0.25) is 0 Å². The van der Waals surface area contributed by atoms with Crippen LogP contribution in [0.3, 0.4) is 0 Å². The van der Waals surface area contributed by atoms with Gasteiger partial charge in [0.15, 0.2) is 0 Å². The van der Waals surface area contributed by atoms with Crippen LogP contribution in [-0.4, -0.2) is 22.1 Å². The molecule has 0 atom stereocenters. The topological polar surface area (TPSA) is 44.1 Å². The third-order valence-corrected chi connectivity index (χ3v) is 2.35. The molecule has 0 radical (unpaired) electrons. The standard InChI is InChI=1S/C11H9ClN2O2/c1-16-9-4-2-8(3-5-9)14-10(11(12)15)6-7-13-14/h2-7H,1H3. The summed E-state index contributed by atoms with van der Waals surface area (Å²) in [6.45, 7) is 0. The highest BCUT2D eigenvalue weighted by molar-refractivity contribution is 6.67. The van der Waals surface area contributed by atoms with Crippen LogP contribution >= 0.6 is 11.6 Å². The van der Waals surface area contributed by atoms with Gasteiger partial charge in [0.1, 0.15) is 11.4 Å². The fourth-order valence-corrected chi connectivity index (χ4v) is 1.52. The van der Waals surface area contributed by atoms with Crippen molar-refractivity contribution in [1.29, 1.82) is 0 Å². The van der Waals surface area contributed by atoms with Crippen LogP contribution < -0.4 is 4.74 Å². The fourth-order valence-electron chi connectivity index (χ4n) is 1.38. The molecule has 4 nitrogen and oxygen atoms in total. The van der Waals surface area contributed by atoms with Gasteiger partial charge >= 0.3 is 0 Å². The molecule has 0 N–H and O–H groups in total. The normalized spacial score (nSPS) is 10.1. The zero-order valence-electron chi connectivity index (χ0n) is 8.55. The van der Waals surface area contributed by atoms with Crippen molar-refractivity contribution in [1.82, 2.24) is 9.78 Å². The van der Waals surface area contributed by atoms with Crippen molar-refractivity contribution in [3.8, 4) is 11.4 Å². The van der Waals surface area contributed by atoms with E-state index in [-0.39, 0.29) is 0 Å². The predicted octanol–water partition coefficient (Wildman–Crippen LogP) is 2.26. The van der Waals surface area contributed by atoms with Gasteiger partial charge in [0.2, 0.25) is 0 Å². The van der Waals surface area contributed by atoms with Gasteiger partial charge in [-0.2, -0.15) is 5.10 Å². The molecule has 0 spiro atoms. The van der Waals surface area contributed by atoms with Gasteiger partial charge in [-0.3, -0.25) is 4.79 Å².